The lowest BCUT2D eigenvalue weighted by Crippen LogP contribution is -2.48. The highest BCUT2D eigenvalue weighted by Gasteiger charge is 2.24. The zero-order valence-electron chi connectivity index (χ0n) is 10.7. The summed E-state index contributed by atoms with van der Waals surface area (Å²) in [5.41, 5.74) is 1.07. The minimum Gasteiger partial charge on any atom is -0.394 e. The van der Waals surface area contributed by atoms with Gasteiger partial charge in [-0.25, -0.2) is 0 Å². The molecule has 0 aliphatic carbocycles. The first-order chi connectivity index (χ1) is 9.29. The number of carbonyl (C=O) groups excluding carboxylic acids is 1. The zero-order chi connectivity index (χ0) is 13.5. The summed E-state index contributed by atoms with van der Waals surface area (Å²) in [4.78, 5) is 11.9. The van der Waals surface area contributed by atoms with Crippen molar-refractivity contribution in [2.75, 3.05) is 26.4 Å². The van der Waals surface area contributed by atoms with E-state index < -0.39 is 6.10 Å². The highest BCUT2D eigenvalue weighted by atomic mass is 16.6. The summed E-state index contributed by atoms with van der Waals surface area (Å²) in [6.45, 7) is 1.13. The number of nitrogens with one attached hydrogen (secondary N) is 1. The van der Waals surface area contributed by atoms with Gasteiger partial charge in [0.1, 0.15) is 0 Å². The minimum atomic E-state index is -0.571. The third kappa shape index (κ3) is 4.31. The summed E-state index contributed by atoms with van der Waals surface area (Å²) in [6, 6.07) is 9.43. The number of carbonyl (C=O) groups is 1. The van der Waals surface area contributed by atoms with Crippen LogP contribution in [-0.4, -0.2) is 49.6 Å². The zero-order valence-corrected chi connectivity index (χ0v) is 10.7. The Labute approximate surface area is 112 Å². The monoisotopic (exact) mass is 265 g/mol. The van der Waals surface area contributed by atoms with Gasteiger partial charge in [0.05, 0.1) is 32.5 Å². The van der Waals surface area contributed by atoms with Crippen LogP contribution in [0.2, 0.25) is 0 Å². The van der Waals surface area contributed by atoms with Crippen LogP contribution >= 0.6 is 0 Å². The van der Waals surface area contributed by atoms with Crippen molar-refractivity contribution in [3.63, 3.8) is 0 Å². The largest absolute Gasteiger partial charge is 0.394 e. The van der Waals surface area contributed by atoms with Gasteiger partial charge in [-0.3, -0.25) is 4.79 Å². The molecule has 0 saturated carbocycles. The molecule has 2 atom stereocenters. The lowest BCUT2D eigenvalue weighted by Gasteiger charge is -2.24. The van der Waals surface area contributed by atoms with Crippen LogP contribution in [0.4, 0.5) is 0 Å². The summed E-state index contributed by atoms with van der Waals surface area (Å²) in [5, 5.41) is 12.1. The van der Waals surface area contributed by atoms with E-state index >= 15 is 0 Å². The second-order valence-electron chi connectivity index (χ2n) is 4.51. The summed E-state index contributed by atoms with van der Waals surface area (Å²) in [7, 11) is 0. The Morgan fingerprint density at radius 1 is 1.37 bits per heavy atom. The molecule has 0 bridgehead atoms. The summed E-state index contributed by atoms with van der Waals surface area (Å²) in [6.07, 6.45) is 0.0231. The van der Waals surface area contributed by atoms with Gasteiger partial charge in [0.15, 0.2) is 6.10 Å². The molecule has 5 nitrogen and oxygen atoms in total. The third-order valence-electron chi connectivity index (χ3n) is 3.00. The Kier molecular flexibility index (Phi) is 5.32. The van der Waals surface area contributed by atoms with Crippen LogP contribution in [0.15, 0.2) is 30.3 Å². The molecule has 0 aromatic heterocycles. The summed E-state index contributed by atoms with van der Waals surface area (Å²) < 4.78 is 10.5. The van der Waals surface area contributed by atoms with Gasteiger partial charge >= 0.3 is 0 Å². The van der Waals surface area contributed by atoms with Crippen LogP contribution in [0.5, 0.6) is 0 Å². The maximum absolute atomic E-state index is 11.9. The SMILES string of the molecule is O=C(N[C@@H](CO)Cc1ccccc1)C1COCCO1. The van der Waals surface area contributed by atoms with E-state index in [0.717, 1.165) is 5.56 Å². The lowest BCUT2D eigenvalue weighted by atomic mass is 10.1. The van der Waals surface area contributed by atoms with Crippen LogP contribution in [0, 0.1) is 0 Å². The van der Waals surface area contributed by atoms with Crippen molar-refractivity contribution in [2.45, 2.75) is 18.6 Å². The Hall–Kier alpha value is -1.43. The number of aliphatic hydroxyl groups excluding tert-OH is 1. The van der Waals surface area contributed by atoms with Gasteiger partial charge in [-0.1, -0.05) is 30.3 Å². The molecule has 1 aromatic rings. The number of benzene rings is 1. The molecule has 1 heterocycles. The van der Waals surface area contributed by atoms with Crippen LogP contribution in [0.25, 0.3) is 0 Å². The predicted octanol–water partition coefficient (Wildman–Crippen LogP) is 0.122. The molecule has 1 aliphatic heterocycles. The fourth-order valence-corrected chi connectivity index (χ4v) is 1.99. The van der Waals surface area contributed by atoms with Crippen LogP contribution in [-0.2, 0) is 20.7 Å². The Morgan fingerprint density at radius 3 is 2.79 bits per heavy atom. The second kappa shape index (κ2) is 7.23. The first-order valence-corrected chi connectivity index (χ1v) is 6.44. The molecular formula is C14H19NO4. The van der Waals surface area contributed by atoms with Crippen molar-refractivity contribution in [1.29, 1.82) is 0 Å². The fourth-order valence-electron chi connectivity index (χ4n) is 1.99. The van der Waals surface area contributed by atoms with E-state index in [0.29, 0.717) is 19.6 Å². The van der Waals surface area contributed by atoms with Crippen LogP contribution in [0.3, 0.4) is 0 Å². The molecule has 19 heavy (non-hydrogen) atoms. The van der Waals surface area contributed by atoms with E-state index in [1.54, 1.807) is 0 Å². The van der Waals surface area contributed by atoms with E-state index in [9.17, 15) is 9.90 Å². The molecule has 0 spiro atoms. The number of amides is 1. The summed E-state index contributed by atoms with van der Waals surface area (Å²) >= 11 is 0. The Bertz CT molecular complexity index is 390. The molecule has 1 unspecified atom stereocenters. The number of hydrogen-bond acceptors (Lipinski definition) is 4. The quantitative estimate of drug-likeness (QED) is 0.793. The molecule has 1 saturated heterocycles. The molecule has 1 amide bonds. The highest BCUT2D eigenvalue weighted by Crippen LogP contribution is 2.05. The van der Waals surface area contributed by atoms with Gasteiger partial charge in [0.2, 0.25) is 0 Å². The molecule has 2 N–H and O–H groups in total. The van der Waals surface area contributed by atoms with E-state index in [-0.39, 0.29) is 25.2 Å². The molecule has 1 aliphatic rings. The average Bonchev–Trinajstić information content (AvgIpc) is 2.48. The van der Waals surface area contributed by atoms with Gasteiger partial charge in [-0.2, -0.15) is 0 Å². The molecular weight excluding hydrogens is 246 g/mol. The highest BCUT2D eigenvalue weighted by molar-refractivity contribution is 5.81. The average molecular weight is 265 g/mol. The Morgan fingerprint density at radius 2 is 2.16 bits per heavy atom. The molecule has 5 heteroatoms. The van der Waals surface area contributed by atoms with Crippen molar-refractivity contribution >= 4 is 5.91 Å². The number of hydrogen-bond donors (Lipinski definition) is 2. The normalized spacial score (nSPS) is 20.8. The molecule has 104 valence electrons. The maximum atomic E-state index is 11.9. The topological polar surface area (TPSA) is 67.8 Å². The van der Waals surface area contributed by atoms with Gasteiger partial charge < -0.3 is 19.9 Å². The first kappa shape index (κ1) is 14.0. The van der Waals surface area contributed by atoms with E-state index in [1.165, 1.54) is 0 Å². The van der Waals surface area contributed by atoms with Crippen molar-refractivity contribution < 1.29 is 19.4 Å². The molecule has 2 rings (SSSR count). The van der Waals surface area contributed by atoms with E-state index in [4.69, 9.17) is 9.47 Å². The molecule has 1 aromatic carbocycles. The smallest absolute Gasteiger partial charge is 0.251 e. The minimum absolute atomic E-state index is 0.103. The van der Waals surface area contributed by atoms with Crippen molar-refractivity contribution in [3.05, 3.63) is 35.9 Å². The summed E-state index contributed by atoms with van der Waals surface area (Å²) in [5.74, 6) is -0.227. The van der Waals surface area contributed by atoms with Crippen molar-refractivity contribution in [1.82, 2.24) is 5.32 Å². The van der Waals surface area contributed by atoms with E-state index in [1.807, 2.05) is 30.3 Å². The van der Waals surface area contributed by atoms with Gasteiger partial charge in [0, 0.05) is 0 Å². The number of aliphatic hydroxyl groups is 1. The number of rotatable bonds is 5. The number of ether oxygens (including phenoxy) is 2. The van der Waals surface area contributed by atoms with Crippen molar-refractivity contribution in [2.24, 2.45) is 0 Å². The maximum Gasteiger partial charge on any atom is 0.251 e. The van der Waals surface area contributed by atoms with Crippen LogP contribution < -0.4 is 5.32 Å². The van der Waals surface area contributed by atoms with Crippen LogP contribution in [0.1, 0.15) is 5.56 Å². The molecule has 0 radical (unpaired) electrons. The van der Waals surface area contributed by atoms with E-state index in [2.05, 4.69) is 5.32 Å². The first-order valence-electron chi connectivity index (χ1n) is 6.44. The van der Waals surface area contributed by atoms with Gasteiger partial charge in [-0.15, -0.1) is 0 Å². The second-order valence-corrected chi connectivity index (χ2v) is 4.51. The molecule has 1 fully saturated rings. The Balaban J connectivity index is 1.86. The van der Waals surface area contributed by atoms with Gasteiger partial charge in [0.25, 0.3) is 5.91 Å². The third-order valence-corrected chi connectivity index (χ3v) is 3.00. The van der Waals surface area contributed by atoms with Crippen molar-refractivity contribution in [3.8, 4) is 0 Å². The standard InChI is InChI=1S/C14H19NO4/c16-9-12(8-11-4-2-1-3-5-11)15-14(17)13-10-18-6-7-19-13/h1-5,12-13,16H,6-10H2,(H,15,17)/t12-,13?/m1/s1. The predicted molar refractivity (Wildman–Crippen MR) is 69.7 cm³/mol. The lowest BCUT2D eigenvalue weighted by molar-refractivity contribution is -0.148. The van der Waals surface area contributed by atoms with Gasteiger partial charge in [-0.05, 0) is 12.0 Å². The fraction of sp³-hybridized carbons (Fsp3) is 0.500.